The van der Waals surface area contributed by atoms with Crippen molar-refractivity contribution in [3.05, 3.63) is 0 Å². The zero-order valence-electron chi connectivity index (χ0n) is 11.3. The highest BCUT2D eigenvalue weighted by Crippen LogP contribution is 2.24. The van der Waals surface area contributed by atoms with Gasteiger partial charge in [-0.25, -0.2) is 0 Å². The van der Waals surface area contributed by atoms with E-state index in [1.54, 1.807) is 0 Å². The molecule has 6 nitrogen and oxygen atoms in total. The van der Waals surface area contributed by atoms with Crippen LogP contribution in [0.15, 0.2) is 0 Å². The first kappa shape index (κ1) is 14.3. The van der Waals surface area contributed by atoms with Crippen LogP contribution in [0.5, 0.6) is 0 Å². The van der Waals surface area contributed by atoms with E-state index in [0.717, 1.165) is 25.8 Å². The number of nitrogens with one attached hydrogen (secondary N) is 1. The van der Waals surface area contributed by atoms with E-state index < -0.39 is 12.0 Å². The largest absolute Gasteiger partial charge is 0.481 e. The monoisotopic (exact) mass is 270 g/mol. The Balaban J connectivity index is 2.06. The van der Waals surface area contributed by atoms with Crippen LogP contribution in [0.2, 0.25) is 0 Å². The first-order valence-electron chi connectivity index (χ1n) is 6.98. The predicted octanol–water partition coefficient (Wildman–Crippen LogP) is 0.219. The second-order valence-electron chi connectivity index (χ2n) is 5.22. The van der Waals surface area contributed by atoms with Crippen molar-refractivity contribution in [2.75, 3.05) is 19.7 Å². The fraction of sp³-hybridized carbons (Fsp3) is 0.846. The molecule has 0 aromatic heterocycles. The Hall–Kier alpha value is -1.14. The quantitative estimate of drug-likeness (QED) is 0.764. The molecule has 6 heteroatoms. The summed E-state index contributed by atoms with van der Waals surface area (Å²) in [7, 11) is 0. The summed E-state index contributed by atoms with van der Waals surface area (Å²) in [5, 5.41) is 11.7. The molecule has 0 aliphatic carbocycles. The third-order valence-electron chi connectivity index (χ3n) is 4.00. The van der Waals surface area contributed by atoms with Crippen LogP contribution in [0.4, 0.5) is 0 Å². The number of carbonyl (C=O) groups excluding carboxylic acids is 1. The molecule has 1 amide bonds. The Bertz CT molecular complexity index is 348. The molecule has 19 heavy (non-hydrogen) atoms. The SMILES string of the molecule is CCC1CC(N2CCNC(=O)C2CC(=O)O)CCO1. The van der Waals surface area contributed by atoms with Gasteiger partial charge in [-0.3, -0.25) is 14.5 Å². The van der Waals surface area contributed by atoms with E-state index >= 15 is 0 Å². The molecule has 2 fully saturated rings. The summed E-state index contributed by atoms with van der Waals surface area (Å²) in [6.07, 6.45) is 2.83. The van der Waals surface area contributed by atoms with E-state index in [0.29, 0.717) is 13.2 Å². The summed E-state index contributed by atoms with van der Waals surface area (Å²) in [5.74, 6) is -1.08. The highest BCUT2D eigenvalue weighted by atomic mass is 16.5. The lowest BCUT2D eigenvalue weighted by Crippen LogP contribution is -2.60. The van der Waals surface area contributed by atoms with Gasteiger partial charge in [-0.2, -0.15) is 0 Å². The predicted molar refractivity (Wildman–Crippen MR) is 68.8 cm³/mol. The number of hydrogen-bond acceptors (Lipinski definition) is 4. The van der Waals surface area contributed by atoms with E-state index in [1.807, 2.05) is 0 Å². The Kier molecular flexibility index (Phi) is 4.76. The molecule has 108 valence electrons. The van der Waals surface area contributed by atoms with Gasteiger partial charge in [0.15, 0.2) is 0 Å². The third-order valence-corrected chi connectivity index (χ3v) is 4.00. The Morgan fingerprint density at radius 1 is 1.58 bits per heavy atom. The zero-order chi connectivity index (χ0) is 13.8. The van der Waals surface area contributed by atoms with Crippen molar-refractivity contribution in [1.82, 2.24) is 10.2 Å². The molecular formula is C13H22N2O4. The molecule has 0 radical (unpaired) electrons. The molecule has 2 N–H and O–H groups in total. The maximum Gasteiger partial charge on any atom is 0.305 e. The van der Waals surface area contributed by atoms with Crippen molar-refractivity contribution in [1.29, 1.82) is 0 Å². The van der Waals surface area contributed by atoms with Crippen molar-refractivity contribution in [3.63, 3.8) is 0 Å². The molecule has 0 saturated carbocycles. The molecule has 0 aromatic carbocycles. The van der Waals surface area contributed by atoms with E-state index in [4.69, 9.17) is 9.84 Å². The normalized spacial score (nSPS) is 32.9. The zero-order valence-corrected chi connectivity index (χ0v) is 11.3. The van der Waals surface area contributed by atoms with E-state index in [-0.39, 0.29) is 24.5 Å². The molecule has 0 bridgehead atoms. The van der Waals surface area contributed by atoms with Gasteiger partial charge in [-0.1, -0.05) is 6.92 Å². The van der Waals surface area contributed by atoms with E-state index in [9.17, 15) is 9.59 Å². The van der Waals surface area contributed by atoms with Gasteiger partial charge in [0.2, 0.25) is 5.91 Å². The van der Waals surface area contributed by atoms with Gasteiger partial charge in [-0.05, 0) is 19.3 Å². The average molecular weight is 270 g/mol. The van der Waals surface area contributed by atoms with Gasteiger partial charge >= 0.3 is 5.97 Å². The second kappa shape index (κ2) is 6.34. The minimum atomic E-state index is -0.925. The van der Waals surface area contributed by atoms with Gasteiger partial charge in [0, 0.05) is 25.7 Å². The second-order valence-corrected chi connectivity index (χ2v) is 5.22. The Morgan fingerprint density at radius 3 is 3.05 bits per heavy atom. The number of rotatable bonds is 4. The summed E-state index contributed by atoms with van der Waals surface area (Å²) in [6.45, 7) is 4.11. The van der Waals surface area contributed by atoms with Crippen molar-refractivity contribution >= 4 is 11.9 Å². The molecule has 2 saturated heterocycles. The molecule has 2 heterocycles. The van der Waals surface area contributed by atoms with Crippen LogP contribution < -0.4 is 5.32 Å². The van der Waals surface area contributed by atoms with Gasteiger partial charge < -0.3 is 15.2 Å². The molecule has 3 unspecified atom stereocenters. The van der Waals surface area contributed by atoms with E-state index in [1.165, 1.54) is 0 Å². The lowest BCUT2D eigenvalue weighted by molar-refractivity contribution is -0.145. The summed E-state index contributed by atoms with van der Waals surface area (Å²) in [6, 6.07) is -0.277. The Labute approximate surface area is 113 Å². The molecule has 3 atom stereocenters. The first-order valence-corrected chi connectivity index (χ1v) is 6.98. The molecular weight excluding hydrogens is 248 g/mol. The van der Waals surface area contributed by atoms with Gasteiger partial charge in [0.1, 0.15) is 0 Å². The number of piperazine rings is 1. The number of nitrogens with zero attached hydrogens (tertiary/aromatic N) is 1. The van der Waals surface area contributed by atoms with Crippen molar-refractivity contribution in [3.8, 4) is 0 Å². The number of aliphatic carboxylic acids is 1. The fourth-order valence-corrected chi connectivity index (χ4v) is 2.99. The summed E-state index contributed by atoms with van der Waals surface area (Å²) < 4.78 is 5.65. The van der Waals surface area contributed by atoms with Gasteiger partial charge in [0.25, 0.3) is 0 Å². The lowest BCUT2D eigenvalue weighted by Gasteiger charge is -2.43. The topological polar surface area (TPSA) is 78.9 Å². The number of ether oxygens (including phenoxy) is 1. The number of hydrogen-bond donors (Lipinski definition) is 2. The van der Waals surface area contributed by atoms with Crippen LogP contribution in [0.1, 0.15) is 32.6 Å². The van der Waals surface area contributed by atoms with Crippen molar-refractivity contribution in [2.45, 2.75) is 50.8 Å². The highest BCUT2D eigenvalue weighted by molar-refractivity contribution is 5.86. The number of amides is 1. The average Bonchev–Trinajstić information content (AvgIpc) is 2.40. The highest BCUT2D eigenvalue weighted by Gasteiger charge is 2.37. The number of carboxylic acid groups (broad SMARTS) is 1. The molecule has 2 rings (SSSR count). The molecule has 0 spiro atoms. The fourth-order valence-electron chi connectivity index (χ4n) is 2.99. The van der Waals surface area contributed by atoms with Crippen LogP contribution >= 0.6 is 0 Å². The van der Waals surface area contributed by atoms with Gasteiger partial charge in [-0.15, -0.1) is 0 Å². The van der Waals surface area contributed by atoms with Crippen LogP contribution in [0.25, 0.3) is 0 Å². The first-order chi connectivity index (χ1) is 9.11. The third kappa shape index (κ3) is 3.45. The maximum atomic E-state index is 11.9. The number of carbonyl (C=O) groups is 2. The minimum Gasteiger partial charge on any atom is -0.481 e. The summed E-state index contributed by atoms with van der Waals surface area (Å²) in [4.78, 5) is 24.9. The van der Waals surface area contributed by atoms with Crippen molar-refractivity contribution < 1.29 is 19.4 Å². The standard InChI is InChI=1S/C13H22N2O4/c1-2-10-7-9(3-6-19-10)15-5-4-14-13(18)11(15)8-12(16)17/h9-11H,2-8H2,1H3,(H,14,18)(H,16,17). The maximum absolute atomic E-state index is 11.9. The van der Waals surface area contributed by atoms with Crippen LogP contribution in [-0.4, -0.2) is 59.8 Å². The van der Waals surface area contributed by atoms with Crippen LogP contribution in [-0.2, 0) is 14.3 Å². The van der Waals surface area contributed by atoms with Crippen molar-refractivity contribution in [2.24, 2.45) is 0 Å². The minimum absolute atomic E-state index is 0.125. The summed E-state index contributed by atoms with van der Waals surface area (Å²) in [5.41, 5.74) is 0. The van der Waals surface area contributed by atoms with Crippen LogP contribution in [0.3, 0.4) is 0 Å². The summed E-state index contributed by atoms with van der Waals surface area (Å²) >= 11 is 0. The lowest BCUT2D eigenvalue weighted by atomic mass is 9.96. The molecule has 2 aliphatic rings. The number of carboxylic acids is 1. The smallest absolute Gasteiger partial charge is 0.305 e. The Morgan fingerprint density at radius 2 is 2.37 bits per heavy atom. The molecule has 0 aromatic rings. The van der Waals surface area contributed by atoms with Gasteiger partial charge in [0.05, 0.1) is 18.6 Å². The van der Waals surface area contributed by atoms with E-state index in [2.05, 4.69) is 17.1 Å². The van der Waals surface area contributed by atoms with Crippen LogP contribution in [0, 0.1) is 0 Å². The molecule has 2 aliphatic heterocycles.